The quantitative estimate of drug-likeness (QED) is 0.753. The van der Waals surface area contributed by atoms with E-state index in [1.54, 1.807) is 30.7 Å². The van der Waals surface area contributed by atoms with Gasteiger partial charge in [-0.15, -0.1) is 0 Å². The average molecular weight is 338 g/mol. The van der Waals surface area contributed by atoms with Crippen molar-refractivity contribution < 1.29 is 9.59 Å². The number of nitrogens with zero attached hydrogens (tertiary/aromatic N) is 2. The second-order valence-electron chi connectivity index (χ2n) is 6.63. The molecule has 0 heterocycles. The zero-order valence-corrected chi connectivity index (χ0v) is 15.4. The molecule has 2 rings (SSSR count). The summed E-state index contributed by atoms with van der Waals surface area (Å²) in [6.45, 7) is 6.39. The highest BCUT2D eigenvalue weighted by Crippen LogP contribution is 2.26. The van der Waals surface area contributed by atoms with E-state index in [9.17, 15) is 9.59 Å². The summed E-state index contributed by atoms with van der Waals surface area (Å²) in [7, 11) is 1.71. The number of carbonyl (C=O) groups excluding carboxylic acids is 2. The van der Waals surface area contributed by atoms with Gasteiger partial charge in [0.1, 0.15) is 5.41 Å². The van der Waals surface area contributed by atoms with Gasteiger partial charge in [0.05, 0.1) is 0 Å². The van der Waals surface area contributed by atoms with Crippen molar-refractivity contribution in [2.45, 2.75) is 27.3 Å². The molecule has 132 valence electrons. The molecule has 0 atom stereocenters. The van der Waals surface area contributed by atoms with Crippen LogP contribution in [0.2, 0.25) is 0 Å². The zero-order chi connectivity index (χ0) is 18.4. The van der Waals surface area contributed by atoms with Crippen LogP contribution >= 0.6 is 0 Å². The summed E-state index contributed by atoms with van der Waals surface area (Å²) in [6, 6.07) is 19.2. The third-order valence-corrected chi connectivity index (χ3v) is 4.40. The molecular weight excluding hydrogens is 312 g/mol. The summed E-state index contributed by atoms with van der Waals surface area (Å²) >= 11 is 0. The van der Waals surface area contributed by atoms with Crippen LogP contribution in [0.15, 0.2) is 60.7 Å². The average Bonchev–Trinajstić information content (AvgIpc) is 2.65. The van der Waals surface area contributed by atoms with Crippen LogP contribution in [0.5, 0.6) is 0 Å². The molecule has 0 fully saturated rings. The minimum atomic E-state index is -1.13. The van der Waals surface area contributed by atoms with Gasteiger partial charge in [0.25, 0.3) is 0 Å². The molecule has 0 saturated carbocycles. The highest BCUT2D eigenvalue weighted by molar-refractivity contribution is 6.10. The molecule has 4 nitrogen and oxygen atoms in total. The van der Waals surface area contributed by atoms with Crippen LogP contribution in [0.4, 0.5) is 5.69 Å². The molecule has 2 amide bonds. The van der Waals surface area contributed by atoms with E-state index in [0.717, 1.165) is 11.3 Å². The first kappa shape index (κ1) is 18.7. The maximum atomic E-state index is 13.1. The van der Waals surface area contributed by atoms with Crippen molar-refractivity contribution in [3.05, 3.63) is 66.2 Å². The molecule has 25 heavy (non-hydrogen) atoms. The van der Waals surface area contributed by atoms with E-state index in [0.29, 0.717) is 13.1 Å². The van der Waals surface area contributed by atoms with Crippen molar-refractivity contribution >= 4 is 17.5 Å². The first-order valence-corrected chi connectivity index (χ1v) is 8.54. The van der Waals surface area contributed by atoms with Crippen molar-refractivity contribution in [2.75, 3.05) is 18.5 Å². The van der Waals surface area contributed by atoms with Gasteiger partial charge in [-0.1, -0.05) is 48.5 Å². The second kappa shape index (κ2) is 7.97. The first-order chi connectivity index (χ1) is 11.9. The van der Waals surface area contributed by atoms with Crippen molar-refractivity contribution in [3.8, 4) is 0 Å². The molecule has 0 saturated heterocycles. The highest BCUT2D eigenvalue weighted by atomic mass is 16.2. The topological polar surface area (TPSA) is 40.6 Å². The number of anilines is 1. The number of carbonyl (C=O) groups is 2. The molecule has 0 aliphatic heterocycles. The lowest BCUT2D eigenvalue weighted by Gasteiger charge is -2.33. The van der Waals surface area contributed by atoms with Crippen LogP contribution in [-0.4, -0.2) is 30.3 Å². The second-order valence-corrected chi connectivity index (χ2v) is 6.63. The molecule has 0 radical (unpaired) electrons. The standard InChI is InChI=1S/C21H26N2O2/c1-5-23(16-17-12-8-6-9-13-17)20(25)21(2,3)19(24)22(4)18-14-10-7-11-15-18/h6-15H,5,16H2,1-4H3. The fourth-order valence-electron chi connectivity index (χ4n) is 2.81. The van der Waals surface area contributed by atoms with Crippen molar-refractivity contribution in [1.29, 1.82) is 0 Å². The Bertz CT molecular complexity index is 711. The SMILES string of the molecule is CCN(Cc1ccccc1)C(=O)C(C)(C)C(=O)N(C)c1ccccc1. The third kappa shape index (κ3) is 4.27. The van der Waals surface area contributed by atoms with Gasteiger partial charge in [-0.3, -0.25) is 9.59 Å². The minimum absolute atomic E-state index is 0.161. The van der Waals surface area contributed by atoms with Gasteiger partial charge in [-0.25, -0.2) is 0 Å². The molecule has 0 N–H and O–H groups in total. The summed E-state index contributed by atoms with van der Waals surface area (Å²) < 4.78 is 0. The van der Waals surface area contributed by atoms with Crippen LogP contribution < -0.4 is 4.90 Å². The van der Waals surface area contributed by atoms with Gasteiger partial charge < -0.3 is 9.80 Å². The van der Waals surface area contributed by atoms with Gasteiger partial charge in [0.2, 0.25) is 11.8 Å². The Labute approximate surface area is 150 Å². The van der Waals surface area contributed by atoms with E-state index in [1.807, 2.05) is 67.6 Å². The third-order valence-electron chi connectivity index (χ3n) is 4.40. The Hall–Kier alpha value is -2.62. The Morgan fingerprint density at radius 2 is 1.40 bits per heavy atom. The van der Waals surface area contributed by atoms with Crippen molar-refractivity contribution in [3.63, 3.8) is 0 Å². The summed E-state index contributed by atoms with van der Waals surface area (Å²) in [5.74, 6) is -0.373. The van der Waals surface area contributed by atoms with E-state index < -0.39 is 5.41 Å². The lowest BCUT2D eigenvalue weighted by Crippen LogP contribution is -2.50. The fraction of sp³-hybridized carbons (Fsp3) is 0.333. The van der Waals surface area contributed by atoms with Crippen LogP contribution in [0.1, 0.15) is 26.3 Å². The molecule has 2 aromatic rings. The Morgan fingerprint density at radius 1 is 0.880 bits per heavy atom. The van der Waals surface area contributed by atoms with E-state index in [1.165, 1.54) is 0 Å². The van der Waals surface area contributed by atoms with Gasteiger partial charge in [-0.05, 0) is 38.5 Å². The number of hydrogen-bond acceptors (Lipinski definition) is 2. The number of para-hydroxylation sites is 1. The number of rotatable bonds is 6. The summed E-state index contributed by atoms with van der Waals surface area (Å²) in [5.41, 5.74) is 0.701. The van der Waals surface area contributed by atoms with E-state index in [-0.39, 0.29) is 11.8 Å². The molecule has 0 aliphatic rings. The van der Waals surface area contributed by atoms with Crippen LogP contribution in [0.3, 0.4) is 0 Å². The lowest BCUT2D eigenvalue weighted by atomic mass is 9.89. The lowest BCUT2D eigenvalue weighted by molar-refractivity contribution is -0.147. The van der Waals surface area contributed by atoms with Gasteiger partial charge >= 0.3 is 0 Å². The highest BCUT2D eigenvalue weighted by Gasteiger charge is 2.40. The Balaban J connectivity index is 2.18. The number of hydrogen-bond donors (Lipinski definition) is 0. The molecule has 0 aliphatic carbocycles. The molecular formula is C21H26N2O2. The normalized spacial score (nSPS) is 11.0. The maximum absolute atomic E-state index is 13.1. The first-order valence-electron chi connectivity index (χ1n) is 8.54. The summed E-state index contributed by atoms with van der Waals surface area (Å²) in [5, 5.41) is 0. The zero-order valence-electron chi connectivity index (χ0n) is 15.4. The van der Waals surface area contributed by atoms with Gasteiger partial charge in [-0.2, -0.15) is 0 Å². The van der Waals surface area contributed by atoms with Crippen LogP contribution in [0, 0.1) is 5.41 Å². The Morgan fingerprint density at radius 3 is 1.92 bits per heavy atom. The molecule has 0 aromatic heterocycles. The molecule has 0 unspecified atom stereocenters. The van der Waals surface area contributed by atoms with E-state index in [4.69, 9.17) is 0 Å². The molecule has 2 aromatic carbocycles. The Kier molecular flexibility index (Phi) is 5.97. The van der Waals surface area contributed by atoms with E-state index >= 15 is 0 Å². The van der Waals surface area contributed by atoms with Crippen LogP contribution in [-0.2, 0) is 16.1 Å². The minimum Gasteiger partial charge on any atom is -0.338 e. The predicted octanol–water partition coefficient (Wildman–Crippen LogP) is 3.72. The van der Waals surface area contributed by atoms with Crippen molar-refractivity contribution in [1.82, 2.24) is 4.90 Å². The number of benzene rings is 2. The van der Waals surface area contributed by atoms with Crippen LogP contribution in [0.25, 0.3) is 0 Å². The molecule has 0 spiro atoms. The predicted molar refractivity (Wildman–Crippen MR) is 101 cm³/mol. The van der Waals surface area contributed by atoms with Crippen molar-refractivity contribution in [2.24, 2.45) is 5.41 Å². The molecule has 4 heteroatoms. The largest absolute Gasteiger partial charge is 0.338 e. The monoisotopic (exact) mass is 338 g/mol. The van der Waals surface area contributed by atoms with Gasteiger partial charge in [0, 0.05) is 25.8 Å². The fourth-order valence-corrected chi connectivity index (χ4v) is 2.81. The molecule has 0 bridgehead atoms. The van der Waals surface area contributed by atoms with E-state index in [2.05, 4.69) is 0 Å². The van der Waals surface area contributed by atoms with Gasteiger partial charge in [0.15, 0.2) is 0 Å². The maximum Gasteiger partial charge on any atom is 0.241 e. The summed E-state index contributed by atoms with van der Waals surface area (Å²) in [6.07, 6.45) is 0. The number of amides is 2. The smallest absolute Gasteiger partial charge is 0.241 e. The summed E-state index contributed by atoms with van der Waals surface area (Å²) in [4.78, 5) is 29.3.